The minimum absolute atomic E-state index is 0.00768. The van der Waals surface area contributed by atoms with Gasteiger partial charge in [-0.2, -0.15) is 4.98 Å². The molecule has 1 N–H and O–H groups in total. The number of halogens is 1. The Bertz CT molecular complexity index is 660. The van der Waals surface area contributed by atoms with Crippen LogP contribution in [0.4, 0.5) is 10.6 Å². The van der Waals surface area contributed by atoms with Gasteiger partial charge in [-0.25, -0.2) is 9.59 Å². The summed E-state index contributed by atoms with van der Waals surface area (Å²) in [6.45, 7) is 1.55. The van der Waals surface area contributed by atoms with Gasteiger partial charge in [-0.15, -0.1) is 0 Å². The number of nitrogens with zero attached hydrogens (tertiary/aromatic N) is 4. The fraction of sp³-hybridized carbons (Fsp3) is 0.545. The lowest BCUT2D eigenvalue weighted by Crippen LogP contribution is -2.54. The van der Waals surface area contributed by atoms with E-state index in [2.05, 4.69) is 9.88 Å². The Balaban J connectivity index is 1.80. The molecule has 3 aliphatic rings. The number of fused-ring (bicyclic) bond motifs is 3. The molecule has 1 spiro atoms. The largest absolute Gasteiger partial charge is 0.465 e. The first-order valence-electron chi connectivity index (χ1n) is 6.05. The Hall–Kier alpha value is -1.76. The predicted octanol–water partition coefficient (Wildman–Crippen LogP) is 0.221. The van der Waals surface area contributed by atoms with Gasteiger partial charge in [0.15, 0.2) is 0 Å². The fourth-order valence-corrected chi connectivity index (χ4v) is 3.89. The van der Waals surface area contributed by atoms with Crippen molar-refractivity contribution in [1.29, 1.82) is 0 Å². The second kappa shape index (κ2) is 3.22. The third kappa shape index (κ3) is 1.25. The summed E-state index contributed by atoms with van der Waals surface area (Å²) in [6.07, 6.45) is -0.126. The van der Waals surface area contributed by atoms with E-state index in [1.54, 1.807) is 10.6 Å². The third-order valence-corrected chi connectivity index (χ3v) is 4.61. The number of aromatic nitrogens is 2. The van der Waals surface area contributed by atoms with Crippen molar-refractivity contribution in [3.8, 4) is 0 Å². The molecule has 0 aromatic carbocycles. The SMILES string of the molecule is O=C(O)N1CC23CC1CN2c1cc(Cl)nc(=O)n1C3. The van der Waals surface area contributed by atoms with Crippen molar-refractivity contribution < 1.29 is 9.90 Å². The maximum atomic E-state index is 11.9. The zero-order valence-corrected chi connectivity index (χ0v) is 10.7. The van der Waals surface area contributed by atoms with Crippen LogP contribution in [0.5, 0.6) is 0 Å². The predicted molar refractivity (Wildman–Crippen MR) is 66.7 cm³/mol. The van der Waals surface area contributed by atoms with Gasteiger partial charge in [0.2, 0.25) is 0 Å². The van der Waals surface area contributed by atoms with Crippen LogP contribution in [0.25, 0.3) is 0 Å². The zero-order valence-electron chi connectivity index (χ0n) is 9.91. The lowest BCUT2D eigenvalue weighted by molar-refractivity contribution is 0.133. The van der Waals surface area contributed by atoms with Gasteiger partial charge in [-0.3, -0.25) is 4.57 Å². The van der Waals surface area contributed by atoms with Crippen molar-refractivity contribution in [2.45, 2.75) is 24.5 Å². The van der Waals surface area contributed by atoms with Crippen molar-refractivity contribution in [1.82, 2.24) is 14.5 Å². The van der Waals surface area contributed by atoms with E-state index in [-0.39, 0.29) is 22.4 Å². The Labute approximate surface area is 113 Å². The first kappa shape index (κ1) is 11.1. The van der Waals surface area contributed by atoms with E-state index >= 15 is 0 Å². The van der Waals surface area contributed by atoms with Crippen LogP contribution in [0.3, 0.4) is 0 Å². The number of hydrogen-bond donors (Lipinski definition) is 1. The molecule has 3 aliphatic heterocycles. The molecule has 4 heterocycles. The summed E-state index contributed by atoms with van der Waals surface area (Å²) in [5.41, 5.74) is -0.654. The molecule has 2 saturated heterocycles. The normalized spacial score (nSPS) is 30.7. The summed E-state index contributed by atoms with van der Waals surface area (Å²) in [5.74, 6) is 0.762. The average Bonchev–Trinajstić information content (AvgIpc) is 2.94. The summed E-state index contributed by atoms with van der Waals surface area (Å²) in [7, 11) is 0. The molecule has 1 amide bonds. The number of carboxylic acid groups (broad SMARTS) is 1. The van der Waals surface area contributed by atoms with Gasteiger partial charge < -0.3 is 14.9 Å². The fourth-order valence-electron chi connectivity index (χ4n) is 3.72. The molecule has 8 heteroatoms. The number of carbonyl (C=O) groups is 1. The molecule has 0 saturated carbocycles. The van der Waals surface area contributed by atoms with Gasteiger partial charge >= 0.3 is 11.8 Å². The summed E-state index contributed by atoms with van der Waals surface area (Å²) in [6, 6.07) is 1.69. The van der Waals surface area contributed by atoms with Crippen molar-refractivity contribution in [2.75, 3.05) is 18.0 Å². The third-order valence-electron chi connectivity index (χ3n) is 4.42. The van der Waals surface area contributed by atoms with Crippen LogP contribution < -0.4 is 10.6 Å². The topological polar surface area (TPSA) is 78.7 Å². The monoisotopic (exact) mass is 282 g/mol. The molecule has 4 rings (SSSR count). The lowest BCUT2D eigenvalue weighted by atomic mass is 10.0. The molecule has 100 valence electrons. The van der Waals surface area contributed by atoms with Gasteiger partial charge in [0, 0.05) is 19.2 Å². The Kier molecular flexibility index (Phi) is 1.88. The van der Waals surface area contributed by atoms with Crippen LogP contribution in [0.15, 0.2) is 10.9 Å². The molecular formula is C11H11ClN4O3. The molecule has 2 fully saturated rings. The van der Waals surface area contributed by atoms with Crippen LogP contribution in [0.2, 0.25) is 5.15 Å². The van der Waals surface area contributed by atoms with Crippen LogP contribution in [-0.2, 0) is 6.54 Å². The highest BCUT2D eigenvalue weighted by atomic mass is 35.5. The molecule has 19 heavy (non-hydrogen) atoms. The summed E-state index contributed by atoms with van der Waals surface area (Å²) in [4.78, 5) is 30.4. The second-order valence-electron chi connectivity index (χ2n) is 5.41. The Morgan fingerprint density at radius 3 is 3.05 bits per heavy atom. The highest BCUT2D eigenvalue weighted by Gasteiger charge is 2.59. The van der Waals surface area contributed by atoms with Gasteiger partial charge in [0.1, 0.15) is 11.0 Å². The van der Waals surface area contributed by atoms with E-state index in [1.165, 1.54) is 4.90 Å². The van der Waals surface area contributed by atoms with Crippen LogP contribution >= 0.6 is 11.6 Å². The molecule has 2 bridgehead atoms. The van der Waals surface area contributed by atoms with Gasteiger partial charge in [0.05, 0.1) is 18.1 Å². The molecule has 0 aliphatic carbocycles. The van der Waals surface area contributed by atoms with E-state index in [0.29, 0.717) is 19.6 Å². The highest BCUT2D eigenvalue weighted by Crippen LogP contribution is 2.47. The maximum absolute atomic E-state index is 11.9. The number of amides is 1. The first-order valence-corrected chi connectivity index (χ1v) is 6.43. The standard InChI is InChI=1S/C11H11ClN4O3/c12-7-1-8-15(9(17)13-7)5-11-2-6(3-16(8)11)14(4-11)10(18)19/h1,6H,2-5H2,(H,18,19). The smallest absolute Gasteiger partial charge is 0.407 e. The van der Waals surface area contributed by atoms with Crippen LogP contribution in [0.1, 0.15) is 6.42 Å². The minimum atomic E-state index is -0.888. The lowest BCUT2D eigenvalue weighted by Gasteiger charge is -2.36. The average molecular weight is 283 g/mol. The summed E-state index contributed by atoms with van der Waals surface area (Å²) < 4.78 is 1.59. The van der Waals surface area contributed by atoms with E-state index in [4.69, 9.17) is 11.6 Å². The highest BCUT2D eigenvalue weighted by molar-refractivity contribution is 6.29. The summed E-state index contributed by atoms with van der Waals surface area (Å²) >= 11 is 5.84. The van der Waals surface area contributed by atoms with E-state index in [9.17, 15) is 14.7 Å². The minimum Gasteiger partial charge on any atom is -0.465 e. The maximum Gasteiger partial charge on any atom is 0.407 e. The van der Waals surface area contributed by atoms with Crippen molar-refractivity contribution in [2.24, 2.45) is 0 Å². The number of piperazine rings is 1. The molecule has 1 aromatic rings. The number of hydrogen-bond acceptors (Lipinski definition) is 4. The molecule has 2 unspecified atom stereocenters. The summed E-state index contributed by atoms with van der Waals surface area (Å²) in [5, 5.41) is 9.36. The molecule has 0 radical (unpaired) electrons. The van der Waals surface area contributed by atoms with Crippen molar-refractivity contribution in [3.63, 3.8) is 0 Å². The van der Waals surface area contributed by atoms with Gasteiger partial charge in [-0.1, -0.05) is 11.6 Å². The zero-order chi connectivity index (χ0) is 13.4. The van der Waals surface area contributed by atoms with Crippen molar-refractivity contribution in [3.05, 3.63) is 21.7 Å². The molecule has 2 atom stereocenters. The Morgan fingerprint density at radius 1 is 1.53 bits per heavy atom. The van der Waals surface area contributed by atoms with E-state index in [0.717, 1.165) is 12.2 Å². The number of rotatable bonds is 0. The van der Waals surface area contributed by atoms with Crippen molar-refractivity contribution >= 4 is 23.5 Å². The first-order chi connectivity index (χ1) is 9.00. The second-order valence-corrected chi connectivity index (χ2v) is 5.80. The van der Waals surface area contributed by atoms with E-state index in [1.807, 2.05) is 0 Å². The number of anilines is 1. The van der Waals surface area contributed by atoms with Crippen LogP contribution in [-0.4, -0.2) is 50.3 Å². The van der Waals surface area contributed by atoms with E-state index < -0.39 is 6.09 Å². The quantitative estimate of drug-likeness (QED) is 0.689. The number of likely N-dealkylation sites (tertiary alicyclic amines) is 1. The molecule has 1 aromatic heterocycles. The molecular weight excluding hydrogens is 272 g/mol. The molecule has 7 nitrogen and oxygen atoms in total. The van der Waals surface area contributed by atoms with Gasteiger partial charge in [-0.05, 0) is 6.42 Å². The van der Waals surface area contributed by atoms with Crippen LogP contribution in [0, 0.1) is 0 Å². The van der Waals surface area contributed by atoms with Gasteiger partial charge in [0.25, 0.3) is 0 Å². The Morgan fingerprint density at radius 2 is 2.32 bits per heavy atom.